The van der Waals surface area contributed by atoms with Crippen LogP contribution in [0.3, 0.4) is 0 Å². The number of nitrogens with one attached hydrogen (secondary N) is 2. The van der Waals surface area contributed by atoms with Crippen LogP contribution in [0.4, 0.5) is 0 Å². The molecule has 1 amide bonds. The molecule has 0 spiro atoms. The van der Waals surface area contributed by atoms with Gasteiger partial charge in [-0.25, -0.2) is 13.1 Å². The Morgan fingerprint density at radius 1 is 1.16 bits per heavy atom. The smallest absolute Gasteiger partial charge is 0.548 e. The van der Waals surface area contributed by atoms with E-state index < -0.39 is 27.9 Å². The van der Waals surface area contributed by atoms with Crippen molar-refractivity contribution in [1.29, 1.82) is 0 Å². The molecular weight excluding hydrogens is 517 g/mol. The number of rotatable bonds is 13. The van der Waals surface area contributed by atoms with Crippen molar-refractivity contribution >= 4 is 33.7 Å². The Morgan fingerprint density at radius 3 is 2.55 bits per heavy atom. The number of amides is 1. The molecule has 1 aliphatic rings. The monoisotopic (exact) mass is 553 g/mol. The van der Waals surface area contributed by atoms with Crippen molar-refractivity contribution in [2.24, 2.45) is 0 Å². The summed E-state index contributed by atoms with van der Waals surface area (Å²) in [6, 6.07) is 12.6. The molecule has 8 nitrogen and oxygen atoms in total. The van der Waals surface area contributed by atoms with Crippen molar-refractivity contribution in [1.82, 2.24) is 14.9 Å². The van der Waals surface area contributed by atoms with E-state index in [9.17, 15) is 23.1 Å². The fourth-order valence-electron chi connectivity index (χ4n) is 4.53. The summed E-state index contributed by atoms with van der Waals surface area (Å²) in [6.07, 6.45) is 6.38. The maximum atomic E-state index is 13.1. The summed E-state index contributed by atoms with van der Waals surface area (Å²) < 4.78 is 28.9. The fourth-order valence-corrected chi connectivity index (χ4v) is 6.10. The van der Waals surface area contributed by atoms with Gasteiger partial charge in [0.15, 0.2) is 0 Å². The number of likely N-dealkylation sites (tertiary alicyclic amines) is 1. The van der Waals surface area contributed by atoms with E-state index in [1.165, 1.54) is 49.2 Å². The van der Waals surface area contributed by atoms with E-state index in [1.807, 2.05) is 12.3 Å². The summed E-state index contributed by atoms with van der Waals surface area (Å²) in [5.41, 5.74) is 1.25. The van der Waals surface area contributed by atoms with Crippen LogP contribution in [0.2, 0.25) is 0 Å². The molecule has 2 N–H and O–H groups in total. The molecule has 1 saturated heterocycles. The molecule has 11 heteroatoms. The van der Waals surface area contributed by atoms with Crippen LogP contribution in [0, 0.1) is 0 Å². The number of thioether (sulfide) groups is 1. The van der Waals surface area contributed by atoms with Gasteiger partial charge in [-0.3, -0.25) is 4.79 Å². The van der Waals surface area contributed by atoms with Crippen molar-refractivity contribution in [3.8, 4) is 11.1 Å². The van der Waals surface area contributed by atoms with Crippen molar-refractivity contribution in [3.63, 3.8) is 0 Å². The van der Waals surface area contributed by atoms with Gasteiger partial charge in [0, 0.05) is 18.2 Å². The van der Waals surface area contributed by atoms with Crippen LogP contribution in [0.25, 0.3) is 11.1 Å². The van der Waals surface area contributed by atoms with E-state index in [2.05, 4.69) is 21.9 Å². The maximum absolute atomic E-state index is 13.1. The minimum absolute atomic E-state index is 0. The number of hydrogen-bond donors (Lipinski definition) is 2. The molecule has 2 atom stereocenters. The molecule has 3 rings (SSSR count). The number of nitrogens with zero attached hydrogens (tertiary/aromatic N) is 1. The van der Waals surface area contributed by atoms with Gasteiger partial charge in [-0.2, -0.15) is 11.8 Å². The molecule has 1 unspecified atom stereocenters. The zero-order chi connectivity index (χ0) is 26.8. The minimum Gasteiger partial charge on any atom is -0.548 e. The normalized spacial score (nSPS) is 16.8. The van der Waals surface area contributed by atoms with Gasteiger partial charge in [0.05, 0.1) is 16.9 Å². The number of carboxylic acid groups (broad SMARTS) is 1. The number of hydrogen-bond acceptors (Lipinski definition) is 7. The van der Waals surface area contributed by atoms with Gasteiger partial charge in [0.25, 0.3) is 5.91 Å². The van der Waals surface area contributed by atoms with Crippen LogP contribution in [0.5, 0.6) is 0 Å². The Morgan fingerprint density at radius 2 is 1.89 bits per heavy atom. The van der Waals surface area contributed by atoms with Crippen LogP contribution in [0.1, 0.15) is 49.4 Å². The predicted molar refractivity (Wildman–Crippen MR) is 146 cm³/mol. The van der Waals surface area contributed by atoms with Crippen molar-refractivity contribution in [3.05, 3.63) is 54.1 Å². The topological polar surface area (TPSA) is 119 Å². The van der Waals surface area contributed by atoms with Gasteiger partial charge >= 0.3 is 18.9 Å². The van der Waals surface area contributed by atoms with Gasteiger partial charge in [-0.15, -0.1) is 0 Å². The van der Waals surface area contributed by atoms with Gasteiger partial charge in [0.1, 0.15) is 0 Å². The molecule has 38 heavy (non-hydrogen) atoms. The molecule has 0 bridgehead atoms. The van der Waals surface area contributed by atoms with Crippen LogP contribution in [-0.4, -0.2) is 68.9 Å². The van der Waals surface area contributed by atoms with E-state index in [1.54, 1.807) is 24.3 Å². The molecule has 0 saturated carbocycles. The Bertz CT molecular complexity index is 1160. The number of carbonyl (C=O) groups excluding carboxylic acids is 2. The van der Waals surface area contributed by atoms with E-state index in [-0.39, 0.29) is 35.7 Å². The molecule has 0 radical (unpaired) electrons. The Hall–Kier alpha value is -1.80. The summed E-state index contributed by atoms with van der Waals surface area (Å²) in [5, 5.41) is 14.1. The molecule has 0 aliphatic carbocycles. The van der Waals surface area contributed by atoms with Gasteiger partial charge in [-0.1, -0.05) is 36.8 Å². The van der Waals surface area contributed by atoms with Gasteiger partial charge in [-0.05, 0) is 87.0 Å². The van der Waals surface area contributed by atoms with Crippen LogP contribution >= 0.6 is 11.8 Å². The first-order chi connectivity index (χ1) is 17.7. The quantitative estimate of drug-likeness (QED) is 0.254. The second-order valence-electron chi connectivity index (χ2n) is 9.33. The van der Waals surface area contributed by atoms with Gasteiger partial charge in [0.2, 0.25) is 10.0 Å². The number of carboxylic acids is 1. The van der Waals surface area contributed by atoms with Crippen LogP contribution in [0.15, 0.2) is 53.4 Å². The molecule has 1 aliphatic heterocycles. The summed E-state index contributed by atoms with van der Waals surface area (Å²) in [6.45, 7) is 4.42. The summed E-state index contributed by atoms with van der Waals surface area (Å²) in [7, 11) is -3.81. The molecule has 0 aromatic heterocycles. The zero-order valence-corrected chi connectivity index (χ0v) is 24.1. The molecule has 202 valence electrons. The molecule has 2 aromatic carbocycles. The third kappa shape index (κ3) is 9.14. The first kappa shape index (κ1) is 32.4. The average molecular weight is 554 g/mol. The van der Waals surface area contributed by atoms with Crippen molar-refractivity contribution in [2.75, 3.05) is 31.6 Å². The second kappa shape index (κ2) is 15.7. The minimum atomic E-state index is -3.81. The van der Waals surface area contributed by atoms with Crippen molar-refractivity contribution in [2.45, 2.75) is 56.0 Å². The zero-order valence-electron chi connectivity index (χ0n) is 22.4. The van der Waals surface area contributed by atoms with Gasteiger partial charge < -0.3 is 20.1 Å². The third-order valence-corrected chi connectivity index (χ3v) is 8.79. The average Bonchev–Trinajstić information content (AvgIpc) is 2.89. The first-order valence-electron chi connectivity index (χ1n) is 12.7. The SMILES string of the molecule is CSCC[C@H](NC(=O)c1ccc(S(=O)(=O)NCCCN2CCCCC2C)cc1-c1ccccc1)C(=O)[O-].[Li+]. The second-order valence-corrected chi connectivity index (χ2v) is 12.1. The number of benzene rings is 2. The maximum Gasteiger partial charge on any atom is 1.00 e. The number of sulfonamides is 1. The van der Waals surface area contributed by atoms with E-state index in [0.717, 1.165) is 13.1 Å². The van der Waals surface area contributed by atoms with E-state index in [4.69, 9.17) is 0 Å². The summed E-state index contributed by atoms with van der Waals surface area (Å²) in [4.78, 5) is 27.1. The van der Waals surface area contributed by atoms with Crippen molar-refractivity contribution < 1.29 is 42.0 Å². The third-order valence-electron chi connectivity index (χ3n) is 6.69. The van der Waals surface area contributed by atoms with E-state index >= 15 is 0 Å². The number of aliphatic carboxylic acids is 1. The van der Waals surface area contributed by atoms with Crippen LogP contribution < -0.4 is 34.0 Å². The number of piperidine rings is 1. The molecular formula is C27H36LiN3O5S2. The first-order valence-corrected chi connectivity index (χ1v) is 15.5. The molecule has 2 aromatic rings. The Balaban J connectivity index is 0.00000507. The predicted octanol–water partition coefficient (Wildman–Crippen LogP) is -0.498. The molecule has 1 heterocycles. The Labute approximate surface area is 242 Å². The summed E-state index contributed by atoms with van der Waals surface area (Å²) >= 11 is 1.47. The molecule has 1 fully saturated rings. The summed E-state index contributed by atoms with van der Waals surface area (Å²) in [5.74, 6) is -1.41. The standard InChI is InChI=1S/C27H37N3O5S2.Li/c1-20-9-6-7-16-30(20)17-8-15-28-37(34,35)22-12-13-23(24(19-22)21-10-4-3-5-11-21)26(31)29-25(27(32)33)14-18-36-2;/h3-5,10-13,19-20,25,28H,6-9,14-18H2,1-2H3,(H,29,31)(H,32,33);/q;+1/p-1/t20?,25-;/m0./s1. The largest absolute Gasteiger partial charge is 1.00 e. The van der Waals surface area contributed by atoms with Crippen LogP contribution in [-0.2, 0) is 14.8 Å². The van der Waals surface area contributed by atoms with E-state index in [0.29, 0.717) is 35.9 Å². The Kier molecular flexibility index (Phi) is 13.4. The fraction of sp³-hybridized carbons (Fsp3) is 0.481. The number of carbonyl (C=O) groups is 2.